The van der Waals surface area contributed by atoms with Crippen molar-refractivity contribution in [2.24, 2.45) is 0 Å². The van der Waals surface area contributed by atoms with Gasteiger partial charge in [-0.3, -0.25) is 4.90 Å². The maximum absolute atomic E-state index is 2.55. The quantitative estimate of drug-likeness (QED) is 0.691. The van der Waals surface area contributed by atoms with Crippen LogP contribution in [-0.4, -0.2) is 18.0 Å². The molecular formula is C13H19N. The van der Waals surface area contributed by atoms with Crippen LogP contribution in [0.3, 0.4) is 0 Å². The lowest BCUT2D eigenvalue weighted by Gasteiger charge is -2.28. The van der Waals surface area contributed by atoms with Crippen LogP contribution in [0.2, 0.25) is 0 Å². The van der Waals surface area contributed by atoms with E-state index in [9.17, 15) is 0 Å². The van der Waals surface area contributed by atoms with Crippen molar-refractivity contribution in [3.63, 3.8) is 0 Å². The van der Waals surface area contributed by atoms with Gasteiger partial charge in [0.2, 0.25) is 0 Å². The Morgan fingerprint density at radius 1 is 1.29 bits per heavy atom. The van der Waals surface area contributed by atoms with Crippen LogP contribution in [0.25, 0.3) is 0 Å². The third kappa shape index (κ3) is 1.98. The molecule has 1 heterocycles. The van der Waals surface area contributed by atoms with Gasteiger partial charge >= 0.3 is 0 Å². The van der Waals surface area contributed by atoms with E-state index >= 15 is 0 Å². The van der Waals surface area contributed by atoms with Gasteiger partial charge in [0.1, 0.15) is 0 Å². The van der Waals surface area contributed by atoms with E-state index in [-0.39, 0.29) is 0 Å². The van der Waals surface area contributed by atoms with Crippen molar-refractivity contribution in [1.82, 2.24) is 4.90 Å². The molecule has 1 aromatic carbocycles. The molecule has 76 valence electrons. The maximum Gasteiger partial charge on any atom is 0.0236 e. The van der Waals surface area contributed by atoms with E-state index in [1.807, 2.05) is 0 Å². The molecule has 0 N–H and O–H groups in total. The summed E-state index contributed by atoms with van der Waals surface area (Å²) in [4.78, 5) is 2.55. The van der Waals surface area contributed by atoms with Crippen LogP contribution in [0.5, 0.6) is 0 Å². The standard InChI is InChI=1S/C13H19N/c1-3-7-14-8-6-12-9-11(2)4-5-13(12)10-14/h4-5,9H,3,6-8,10H2,1-2H3. The van der Waals surface area contributed by atoms with E-state index in [1.165, 1.54) is 37.1 Å². The number of hydrogen-bond acceptors (Lipinski definition) is 1. The summed E-state index contributed by atoms with van der Waals surface area (Å²) in [6.07, 6.45) is 2.50. The highest BCUT2D eigenvalue weighted by molar-refractivity contribution is 5.33. The van der Waals surface area contributed by atoms with E-state index in [0.29, 0.717) is 0 Å². The molecule has 0 aromatic heterocycles. The van der Waals surface area contributed by atoms with Gasteiger partial charge in [-0.25, -0.2) is 0 Å². The number of fused-ring (bicyclic) bond motifs is 1. The molecule has 0 spiro atoms. The zero-order valence-corrected chi connectivity index (χ0v) is 9.21. The summed E-state index contributed by atoms with van der Waals surface area (Å²) in [7, 11) is 0. The normalized spacial score (nSPS) is 16.7. The van der Waals surface area contributed by atoms with Crippen LogP contribution in [-0.2, 0) is 13.0 Å². The third-order valence-electron chi connectivity index (χ3n) is 2.99. The second-order valence-electron chi connectivity index (χ2n) is 4.30. The summed E-state index contributed by atoms with van der Waals surface area (Å²) < 4.78 is 0. The Morgan fingerprint density at radius 3 is 2.93 bits per heavy atom. The summed E-state index contributed by atoms with van der Waals surface area (Å²) in [6, 6.07) is 6.87. The van der Waals surface area contributed by atoms with Gasteiger partial charge in [-0.2, -0.15) is 0 Å². The molecule has 0 aliphatic carbocycles. The largest absolute Gasteiger partial charge is 0.299 e. The van der Waals surface area contributed by atoms with Crippen molar-refractivity contribution in [3.8, 4) is 0 Å². The number of nitrogens with zero attached hydrogens (tertiary/aromatic N) is 1. The first-order chi connectivity index (χ1) is 6.79. The molecule has 1 nitrogen and oxygen atoms in total. The lowest BCUT2D eigenvalue weighted by molar-refractivity contribution is 0.255. The molecule has 2 rings (SSSR count). The fourth-order valence-corrected chi connectivity index (χ4v) is 2.25. The molecule has 0 saturated heterocycles. The molecule has 0 fully saturated rings. The number of hydrogen-bond donors (Lipinski definition) is 0. The van der Waals surface area contributed by atoms with Crippen LogP contribution in [0.1, 0.15) is 30.0 Å². The molecule has 0 unspecified atom stereocenters. The molecular weight excluding hydrogens is 170 g/mol. The SMILES string of the molecule is CCCN1CCc2cc(C)ccc2C1. The van der Waals surface area contributed by atoms with Gasteiger partial charge < -0.3 is 0 Å². The summed E-state index contributed by atoms with van der Waals surface area (Å²) in [5.74, 6) is 0. The van der Waals surface area contributed by atoms with E-state index in [2.05, 4.69) is 36.9 Å². The van der Waals surface area contributed by atoms with Crippen LogP contribution in [0.15, 0.2) is 18.2 Å². The van der Waals surface area contributed by atoms with Gasteiger partial charge in [-0.1, -0.05) is 30.7 Å². The smallest absolute Gasteiger partial charge is 0.0236 e. The van der Waals surface area contributed by atoms with E-state index in [4.69, 9.17) is 0 Å². The Kier molecular flexibility index (Phi) is 2.87. The van der Waals surface area contributed by atoms with Crippen molar-refractivity contribution in [2.45, 2.75) is 33.2 Å². The zero-order chi connectivity index (χ0) is 9.97. The fourth-order valence-electron chi connectivity index (χ4n) is 2.25. The summed E-state index contributed by atoms with van der Waals surface area (Å²) in [5.41, 5.74) is 4.50. The first-order valence-corrected chi connectivity index (χ1v) is 5.60. The second-order valence-corrected chi connectivity index (χ2v) is 4.30. The van der Waals surface area contributed by atoms with Crippen LogP contribution in [0, 0.1) is 6.92 Å². The topological polar surface area (TPSA) is 3.24 Å². The van der Waals surface area contributed by atoms with Crippen molar-refractivity contribution in [3.05, 3.63) is 34.9 Å². The number of rotatable bonds is 2. The van der Waals surface area contributed by atoms with Crippen molar-refractivity contribution >= 4 is 0 Å². The Balaban J connectivity index is 2.15. The average Bonchev–Trinajstić information content (AvgIpc) is 2.19. The highest BCUT2D eigenvalue weighted by Crippen LogP contribution is 2.19. The highest BCUT2D eigenvalue weighted by Gasteiger charge is 2.14. The lowest BCUT2D eigenvalue weighted by Crippen LogP contribution is -2.31. The van der Waals surface area contributed by atoms with Gasteiger partial charge in [-0.15, -0.1) is 0 Å². The van der Waals surface area contributed by atoms with Gasteiger partial charge in [0.25, 0.3) is 0 Å². The molecule has 0 amide bonds. The van der Waals surface area contributed by atoms with Crippen molar-refractivity contribution < 1.29 is 0 Å². The Morgan fingerprint density at radius 2 is 2.14 bits per heavy atom. The van der Waals surface area contributed by atoms with Crippen LogP contribution < -0.4 is 0 Å². The minimum Gasteiger partial charge on any atom is -0.299 e. The Hall–Kier alpha value is -0.820. The molecule has 1 aliphatic rings. The minimum absolute atomic E-state index is 1.16. The third-order valence-corrected chi connectivity index (χ3v) is 2.99. The summed E-state index contributed by atoms with van der Waals surface area (Å²) >= 11 is 0. The molecule has 0 saturated carbocycles. The molecule has 0 atom stereocenters. The fraction of sp³-hybridized carbons (Fsp3) is 0.538. The van der Waals surface area contributed by atoms with Crippen molar-refractivity contribution in [2.75, 3.05) is 13.1 Å². The summed E-state index contributed by atoms with van der Waals surface area (Å²) in [5, 5.41) is 0. The zero-order valence-electron chi connectivity index (χ0n) is 9.21. The predicted octanol–water partition coefficient (Wildman–Crippen LogP) is 2.76. The first-order valence-electron chi connectivity index (χ1n) is 5.60. The molecule has 14 heavy (non-hydrogen) atoms. The van der Waals surface area contributed by atoms with E-state index in [1.54, 1.807) is 5.56 Å². The number of benzene rings is 1. The lowest BCUT2D eigenvalue weighted by atomic mass is 9.98. The van der Waals surface area contributed by atoms with Gasteiger partial charge in [0.05, 0.1) is 0 Å². The minimum atomic E-state index is 1.16. The molecule has 1 heteroatoms. The van der Waals surface area contributed by atoms with Gasteiger partial charge in [0.15, 0.2) is 0 Å². The van der Waals surface area contributed by atoms with Gasteiger partial charge in [0, 0.05) is 13.1 Å². The van der Waals surface area contributed by atoms with Crippen molar-refractivity contribution in [1.29, 1.82) is 0 Å². The molecule has 1 aliphatic heterocycles. The van der Waals surface area contributed by atoms with Crippen LogP contribution >= 0.6 is 0 Å². The van der Waals surface area contributed by atoms with Gasteiger partial charge in [-0.05, 0) is 37.4 Å². The Labute approximate surface area is 86.7 Å². The average molecular weight is 189 g/mol. The van der Waals surface area contributed by atoms with E-state index < -0.39 is 0 Å². The predicted molar refractivity (Wildman–Crippen MR) is 60.5 cm³/mol. The molecule has 0 radical (unpaired) electrons. The molecule has 1 aromatic rings. The summed E-state index contributed by atoms with van der Waals surface area (Å²) in [6.45, 7) is 8.07. The van der Waals surface area contributed by atoms with Crippen LogP contribution in [0.4, 0.5) is 0 Å². The Bertz CT molecular complexity index is 317. The highest BCUT2D eigenvalue weighted by atomic mass is 15.1. The second kappa shape index (κ2) is 4.14. The monoisotopic (exact) mass is 189 g/mol. The maximum atomic E-state index is 2.55. The van der Waals surface area contributed by atoms with E-state index in [0.717, 1.165) is 6.54 Å². The molecule has 0 bridgehead atoms. The number of aryl methyl sites for hydroxylation is 1. The first kappa shape index (κ1) is 9.72.